The zero-order valence-electron chi connectivity index (χ0n) is 47.9. The van der Waals surface area contributed by atoms with E-state index in [-0.39, 0.29) is 55.9 Å². The molecular weight excluding hydrogens is 1160 g/mol. The van der Waals surface area contributed by atoms with Crippen molar-refractivity contribution < 1.29 is 68.3 Å². The van der Waals surface area contributed by atoms with Crippen molar-refractivity contribution >= 4 is 64.6 Å². The van der Waals surface area contributed by atoms with Crippen LogP contribution in [0.25, 0.3) is 11.1 Å². The van der Waals surface area contributed by atoms with Crippen LogP contribution >= 0.6 is 0 Å². The van der Waals surface area contributed by atoms with Crippen molar-refractivity contribution in [2.24, 2.45) is 0 Å². The Hall–Kier alpha value is -13.3. The van der Waals surface area contributed by atoms with Gasteiger partial charge in [-0.3, -0.25) is 19.2 Å². The average molecular weight is 1210 g/mol. The Labute approximate surface area is 520 Å². The molecule has 4 amide bonds. The summed E-state index contributed by atoms with van der Waals surface area (Å²) in [6, 6.07) is 64.1. The number of carboxylic acid groups (broad SMARTS) is 4. The van der Waals surface area contributed by atoms with E-state index in [1.54, 1.807) is 66.7 Å². The first-order chi connectivity index (χ1) is 44.0. The molecule has 0 unspecified atom stereocenters. The molecule has 91 heavy (non-hydrogen) atoms. The van der Waals surface area contributed by atoms with Crippen LogP contribution in [-0.4, -0.2) is 75.0 Å². The van der Waals surface area contributed by atoms with Gasteiger partial charge in [-0.25, -0.2) is 19.2 Å². The number of amides is 4. The number of aromatic carboxylic acids is 4. The Morgan fingerprint density at radius 2 is 0.747 bits per heavy atom. The van der Waals surface area contributed by atoms with Gasteiger partial charge < -0.3 is 51.2 Å². The van der Waals surface area contributed by atoms with Crippen LogP contribution in [0, 0.1) is 23.7 Å². The summed E-state index contributed by atoms with van der Waals surface area (Å²) in [4.78, 5) is 100. The highest BCUT2D eigenvalue weighted by Gasteiger charge is 2.26. The van der Waals surface area contributed by atoms with Gasteiger partial charge in [0.2, 0.25) is 0 Å². The van der Waals surface area contributed by atoms with Gasteiger partial charge in [0.25, 0.3) is 23.6 Å². The zero-order valence-corrected chi connectivity index (χ0v) is 47.9. The third-order valence-corrected chi connectivity index (χ3v) is 13.4. The van der Waals surface area contributed by atoms with Crippen molar-refractivity contribution in [2.75, 3.05) is 23.0 Å². The molecule has 0 radical (unpaired) electrons. The lowest BCUT2D eigenvalue weighted by Crippen LogP contribution is -2.22. The number of carboxylic acids is 4. The van der Waals surface area contributed by atoms with Crippen molar-refractivity contribution in [3.8, 4) is 57.8 Å². The quantitative estimate of drug-likeness (QED) is 0.0418. The van der Waals surface area contributed by atoms with E-state index >= 15 is 0 Å². The molecule has 0 spiro atoms. The Morgan fingerprint density at radius 1 is 0.319 bits per heavy atom. The molecule has 10 aromatic rings. The largest absolute Gasteiger partial charge is 0.478 e. The van der Waals surface area contributed by atoms with E-state index in [9.17, 15) is 58.8 Å². The van der Waals surface area contributed by atoms with E-state index in [1.807, 2.05) is 91.0 Å². The van der Waals surface area contributed by atoms with Crippen molar-refractivity contribution in [1.29, 1.82) is 0 Å². The standard InChI is InChI=1S/C45H31N3O10.C28H19NO4/c1-46-41(50)35-11-5-9-32(38(35)44(54)55)33-10-6-12-37(39(33)45(56)57)48-40(49)28-16-20-30(21-17-28)58-31-22-18-29(19-23-31)47-42(51)34-24-15-27(25-36(34)43(52)53)14-13-26-7-3-2-4-8-26;30-27(22-14-16-24(17-15-22)33-23-9-5-2-6-10-23)29-26-18-13-21(19-25(26)28(31)32)12-11-20-7-3-1-4-8-20/h2-12,15-25H,1H3,(H,46,50)(H,47,51)(H,48,49)(H,52,53)(H,54,55)(H,56,57);1-10,13-19H,(H,29,30)(H,31,32). The number of carbonyl (C=O) groups is 8. The first kappa shape index (κ1) is 62.2. The van der Waals surface area contributed by atoms with Crippen molar-refractivity contribution in [2.45, 2.75) is 0 Å². The van der Waals surface area contributed by atoms with E-state index in [1.165, 1.54) is 85.9 Å². The molecule has 0 aliphatic carbocycles. The van der Waals surface area contributed by atoms with Gasteiger partial charge in [-0.05, 0) is 169 Å². The lowest BCUT2D eigenvalue weighted by molar-refractivity contribution is 0.0682. The maximum absolute atomic E-state index is 13.3. The topological polar surface area (TPSA) is 284 Å². The fourth-order valence-corrected chi connectivity index (χ4v) is 8.98. The van der Waals surface area contributed by atoms with Crippen LogP contribution in [0.1, 0.15) is 105 Å². The molecule has 0 saturated carbocycles. The minimum absolute atomic E-state index is 0.0214. The van der Waals surface area contributed by atoms with Crippen LogP contribution in [0.15, 0.2) is 237 Å². The van der Waals surface area contributed by atoms with Gasteiger partial charge in [-0.15, -0.1) is 0 Å². The average Bonchev–Trinajstić information content (AvgIpc) is 3.39. The highest BCUT2D eigenvalue weighted by Crippen LogP contribution is 2.34. The van der Waals surface area contributed by atoms with Crippen LogP contribution in [0.4, 0.5) is 17.1 Å². The molecule has 18 heteroatoms. The molecule has 446 valence electrons. The normalized spacial score (nSPS) is 10.2. The highest BCUT2D eigenvalue weighted by atomic mass is 16.5. The zero-order chi connectivity index (χ0) is 64.4. The molecule has 10 rings (SSSR count). The van der Waals surface area contributed by atoms with Gasteiger partial charge in [0, 0.05) is 46.1 Å². The predicted octanol–water partition coefficient (Wildman–Crippen LogP) is 13.3. The maximum atomic E-state index is 13.3. The highest BCUT2D eigenvalue weighted by molar-refractivity contribution is 6.14. The first-order valence-corrected chi connectivity index (χ1v) is 27.5. The number of benzene rings is 10. The van der Waals surface area contributed by atoms with E-state index in [2.05, 4.69) is 44.9 Å². The Kier molecular flexibility index (Phi) is 20.0. The van der Waals surface area contributed by atoms with Crippen LogP contribution in [0.5, 0.6) is 23.0 Å². The SMILES string of the molecule is CNC(=O)c1cccc(-c2cccc(NC(=O)c3ccc(Oc4ccc(NC(=O)c5ccc(C#Cc6ccccc6)cc5C(=O)O)cc4)cc3)c2C(=O)O)c1C(=O)O.O=C(Nc1ccc(C#Cc2ccccc2)cc1C(=O)O)c1ccc(Oc2ccccc2)cc1. The monoisotopic (exact) mass is 1210 g/mol. The fraction of sp³-hybridized carbons (Fsp3) is 0.0137. The van der Waals surface area contributed by atoms with Crippen LogP contribution < -0.4 is 30.7 Å². The summed E-state index contributed by atoms with van der Waals surface area (Å²) in [6.45, 7) is 0. The van der Waals surface area contributed by atoms with E-state index in [0.717, 1.165) is 11.1 Å². The number of nitrogens with one attached hydrogen (secondary N) is 4. The van der Waals surface area contributed by atoms with Gasteiger partial charge >= 0.3 is 23.9 Å². The summed E-state index contributed by atoms with van der Waals surface area (Å²) in [6.07, 6.45) is 0. The summed E-state index contributed by atoms with van der Waals surface area (Å²) in [5.41, 5.74) is 2.28. The molecule has 0 bridgehead atoms. The van der Waals surface area contributed by atoms with Crippen molar-refractivity contribution in [3.05, 3.63) is 303 Å². The second-order valence-electron chi connectivity index (χ2n) is 19.5. The number of anilines is 3. The second-order valence-corrected chi connectivity index (χ2v) is 19.5. The van der Waals surface area contributed by atoms with Crippen LogP contribution in [0.3, 0.4) is 0 Å². The molecule has 18 nitrogen and oxygen atoms in total. The second kappa shape index (κ2) is 29.2. The Bertz CT molecular complexity index is 4550. The Balaban J connectivity index is 0.000000250. The minimum Gasteiger partial charge on any atom is -0.478 e. The molecule has 10 aromatic carbocycles. The molecule has 0 aliphatic heterocycles. The molecule has 0 aliphatic rings. The summed E-state index contributed by atoms with van der Waals surface area (Å²) < 4.78 is 11.6. The van der Waals surface area contributed by atoms with E-state index in [4.69, 9.17) is 9.47 Å². The molecule has 0 aromatic heterocycles. The summed E-state index contributed by atoms with van der Waals surface area (Å²) in [5, 5.41) is 49.9. The number of carbonyl (C=O) groups excluding carboxylic acids is 4. The molecule has 8 N–H and O–H groups in total. The lowest BCUT2D eigenvalue weighted by Gasteiger charge is -2.16. The van der Waals surface area contributed by atoms with Crippen LogP contribution in [-0.2, 0) is 0 Å². The van der Waals surface area contributed by atoms with E-state index < -0.39 is 53.1 Å². The molecule has 0 atom stereocenters. The van der Waals surface area contributed by atoms with Gasteiger partial charge in [-0.2, -0.15) is 0 Å². The molecule has 0 fully saturated rings. The summed E-state index contributed by atoms with van der Waals surface area (Å²) >= 11 is 0. The predicted molar refractivity (Wildman–Crippen MR) is 341 cm³/mol. The minimum atomic E-state index is -1.44. The van der Waals surface area contributed by atoms with Gasteiger partial charge in [0.15, 0.2) is 0 Å². The fourth-order valence-electron chi connectivity index (χ4n) is 8.98. The smallest absolute Gasteiger partial charge is 0.338 e. The number of hydrogen-bond donors (Lipinski definition) is 8. The number of ether oxygens (including phenoxy) is 2. The van der Waals surface area contributed by atoms with Gasteiger partial charge in [0.05, 0.1) is 44.8 Å². The van der Waals surface area contributed by atoms with Gasteiger partial charge in [-0.1, -0.05) is 103 Å². The van der Waals surface area contributed by atoms with E-state index in [0.29, 0.717) is 45.4 Å². The van der Waals surface area contributed by atoms with Gasteiger partial charge in [0.1, 0.15) is 23.0 Å². The lowest BCUT2D eigenvalue weighted by atomic mass is 9.91. The first-order valence-electron chi connectivity index (χ1n) is 27.5. The molecule has 0 heterocycles. The summed E-state index contributed by atoms with van der Waals surface area (Å²) in [5.74, 6) is 6.13. The van der Waals surface area contributed by atoms with Crippen molar-refractivity contribution in [1.82, 2.24) is 5.32 Å². The molecular formula is C73H50N4O14. The Morgan fingerprint density at radius 3 is 1.24 bits per heavy atom. The third-order valence-electron chi connectivity index (χ3n) is 13.4. The van der Waals surface area contributed by atoms with Crippen LogP contribution in [0.2, 0.25) is 0 Å². The number of rotatable bonds is 16. The maximum Gasteiger partial charge on any atom is 0.338 e. The van der Waals surface area contributed by atoms with Crippen molar-refractivity contribution in [3.63, 3.8) is 0 Å². The number of para-hydroxylation sites is 1. The number of hydrogen-bond acceptors (Lipinski definition) is 10. The molecule has 0 saturated heterocycles. The summed E-state index contributed by atoms with van der Waals surface area (Å²) in [7, 11) is 1.34. The third kappa shape index (κ3) is 16.2.